The zero-order valence-corrected chi connectivity index (χ0v) is 13.2. The topological polar surface area (TPSA) is 84.9 Å². The summed E-state index contributed by atoms with van der Waals surface area (Å²) in [5.41, 5.74) is 2.92. The molecule has 0 amide bonds. The van der Waals surface area contributed by atoms with E-state index >= 15 is 0 Å². The summed E-state index contributed by atoms with van der Waals surface area (Å²) in [4.78, 5) is 21.3. The molecule has 0 bridgehead atoms. The lowest BCUT2D eigenvalue weighted by atomic mass is 10.2. The summed E-state index contributed by atoms with van der Waals surface area (Å²) in [6.45, 7) is 5.67. The van der Waals surface area contributed by atoms with Crippen molar-refractivity contribution in [1.82, 2.24) is 19.9 Å². The maximum atomic E-state index is 5.86. The molecule has 0 radical (unpaired) electrons. The lowest BCUT2D eigenvalue weighted by molar-refractivity contribution is 0.0358. The highest BCUT2D eigenvalue weighted by Gasteiger charge is 2.13. The van der Waals surface area contributed by atoms with Crippen LogP contribution in [0.1, 0.15) is 20.8 Å². The van der Waals surface area contributed by atoms with Gasteiger partial charge >= 0.3 is 0 Å². The van der Waals surface area contributed by atoms with Crippen molar-refractivity contribution in [2.45, 2.75) is 26.4 Å². The predicted octanol–water partition coefficient (Wildman–Crippen LogP) is 3.46. The Bertz CT molecular complexity index is 631. The first kappa shape index (κ1) is 15.7. The van der Waals surface area contributed by atoms with Crippen LogP contribution in [0.15, 0.2) is 18.3 Å². The number of anilines is 3. The molecule has 2 N–H and O–H groups in total. The van der Waals surface area contributed by atoms with Gasteiger partial charge in [0, 0.05) is 11.9 Å². The summed E-state index contributed by atoms with van der Waals surface area (Å²) < 4.78 is 0. The Labute approximate surface area is 132 Å². The van der Waals surface area contributed by atoms with E-state index in [0.29, 0.717) is 10.8 Å². The molecule has 0 unspecified atom stereocenters. The summed E-state index contributed by atoms with van der Waals surface area (Å²) in [5, 5.41) is 3.35. The highest BCUT2D eigenvalue weighted by Crippen LogP contribution is 2.18. The van der Waals surface area contributed by atoms with Crippen molar-refractivity contribution in [2.75, 3.05) is 10.8 Å². The van der Waals surface area contributed by atoms with Crippen LogP contribution in [-0.2, 0) is 4.84 Å². The molecule has 0 atom stereocenters. The fourth-order valence-corrected chi connectivity index (χ4v) is 1.59. The van der Waals surface area contributed by atoms with Gasteiger partial charge in [0.15, 0.2) is 0 Å². The Hall–Kier alpha value is -1.70. The van der Waals surface area contributed by atoms with Crippen molar-refractivity contribution >= 4 is 40.8 Å². The normalized spacial score (nSPS) is 11.3. The van der Waals surface area contributed by atoms with E-state index in [0.717, 1.165) is 0 Å². The van der Waals surface area contributed by atoms with E-state index in [1.54, 1.807) is 18.3 Å². The molecule has 0 aliphatic rings. The van der Waals surface area contributed by atoms with E-state index < -0.39 is 5.60 Å². The number of hydrogen-bond acceptors (Lipinski definition) is 7. The first-order chi connectivity index (χ1) is 9.82. The van der Waals surface area contributed by atoms with Gasteiger partial charge in [-0.2, -0.15) is 15.0 Å². The molecular formula is C12H14Cl2N6O. The zero-order chi connectivity index (χ0) is 15.5. The van der Waals surface area contributed by atoms with E-state index in [9.17, 15) is 0 Å². The van der Waals surface area contributed by atoms with Crippen LogP contribution in [0.5, 0.6) is 0 Å². The van der Waals surface area contributed by atoms with Crippen LogP contribution in [0.25, 0.3) is 0 Å². The molecule has 2 aromatic heterocycles. The van der Waals surface area contributed by atoms with E-state index in [2.05, 4.69) is 30.7 Å². The molecule has 9 heteroatoms. The number of pyridine rings is 1. The molecule has 112 valence electrons. The van der Waals surface area contributed by atoms with Crippen LogP contribution in [0.4, 0.5) is 17.6 Å². The highest BCUT2D eigenvalue weighted by atomic mass is 35.5. The van der Waals surface area contributed by atoms with Gasteiger partial charge < -0.3 is 5.32 Å². The number of nitrogens with zero attached hydrogens (tertiary/aromatic N) is 4. The van der Waals surface area contributed by atoms with Gasteiger partial charge in [0.05, 0.1) is 5.60 Å². The van der Waals surface area contributed by atoms with Gasteiger partial charge in [0.25, 0.3) is 5.95 Å². The lowest BCUT2D eigenvalue weighted by Gasteiger charge is -2.19. The van der Waals surface area contributed by atoms with E-state index in [4.69, 9.17) is 28.0 Å². The molecule has 0 spiro atoms. The maximum Gasteiger partial charge on any atom is 0.253 e. The second-order valence-corrected chi connectivity index (χ2v) is 5.79. The van der Waals surface area contributed by atoms with Gasteiger partial charge in [-0.1, -0.05) is 11.6 Å². The Balaban J connectivity index is 2.15. The molecular weight excluding hydrogens is 315 g/mol. The van der Waals surface area contributed by atoms with E-state index in [1.807, 2.05) is 20.8 Å². The van der Waals surface area contributed by atoms with Crippen LogP contribution in [-0.4, -0.2) is 25.5 Å². The van der Waals surface area contributed by atoms with Crippen molar-refractivity contribution in [3.05, 3.63) is 28.8 Å². The van der Waals surface area contributed by atoms with Crippen molar-refractivity contribution < 1.29 is 4.84 Å². The van der Waals surface area contributed by atoms with Crippen LogP contribution in [0.3, 0.4) is 0 Å². The van der Waals surface area contributed by atoms with Crippen LogP contribution in [0, 0.1) is 0 Å². The number of halogens is 2. The Morgan fingerprint density at radius 3 is 2.48 bits per heavy atom. The molecule has 0 aromatic carbocycles. The molecule has 0 aliphatic carbocycles. The summed E-state index contributed by atoms with van der Waals surface area (Å²) >= 11 is 11.7. The highest BCUT2D eigenvalue weighted by molar-refractivity contribution is 6.29. The number of hydrogen-bond donors (Lipinski definition) is 2. The largest absolute Gasteiger partial charge is 0.324 e. The average Bonchev–Trinajstić information content (AvgIpc) is 2.35. The van der Waals surface area contributed by atoms with Crippen LogP contribution in [0.2, 0.25) is 10.4 Å². The smallest absolute Gasteiger partial charge is 0.253 e. The molecule has 2 rings (SSSR count). The van der Waals surface area contributed by atoms with Crippen LogP contribution < -0.4 is 10.8 Å². The van der Waals surface area contributed by atoms with Crippen molar-refractivity contribution in [3.63, 3.8) is 0 Å². The molecule has 7 nitrogen and oxygen atoms in total. The molecule has 21 heavy (non-hydrogen) atoms. The van der Waals surface area contributed by atoms with Crippen molar-refractivity contribution in [2.24, 2.45) is 0 Å². The first-order valence-corrected chi connectivity index (χ1v) is 6.81. The second-order valence-electron chi connectivity index (χ2n) is 5.06. The van der Waals surface area contributed by atoms with Gasteiger partial charge in [-0.25, -0.2) is 10.5 Å². The molecule has 0 saturated heterocycles. The minimum atomic E-state index is -0.397. The molecule has 2 aromatic rings. The summed E-state index contributed by atoms with van der Waals surface area (Å²) in [7, 11) is 0. The number of rotatable bonds is 4. The van der Waals surface area contributed by atoms with Crippen molar-refractivity contribution in [1.29, 1.82) is 0 Å². The predicted molar refractivity (Wildman–Crippen MR) is 81.8 cm³/mol. The van der Waals surface area contributed by atoms with Gasteiger partial charge in [-0.15, -0.1) is 0 Å². The zero-order valence-electron chi connectivity index (χ0n) is 11.7. The van der Waals surface area contributed by atoms with Gasteiger partial charge in [-0.3, -0.25) is 4.84 Å². The molecule has 2 heterocycles. The first-order valence-electron chi connectivity index (χ1n) is 6.06. The van der Waals surface area contributed by atoms with Crippen LogP contribution >= 0.6 is 23.2 Å². The SMILES string of the molecule is CC(C)(C)ONc1nc(Cl)nc(Nc2ccnc(Cl)c2)n1. The van der Waals surface area contributed by atoms with E-state index in [1.165, 1.54) is 0 Å². The lowest BCUT2D eigenvalue weighted by Crippen LogP contribution is -2.24. The molecule has 0 saturated carbocycles. The maximum absolute atomic E-state index is 5.86. The van der Waals surface area contributed by atoms with Gasteiger partial charge in [-0.05, 0) is 44.5 Å². The third-order valence-electron chi connectivity index (χ3n) is 2.04. The van der Waals surface area contributed by atoms with Gasteiger partial charge in [0.2, 0.25) is 11.2 Å². The Morgan fingerprint density at radius 1 is 1.10 bits per heavy atom. The minimum Gasteiger partial charge on any atom is -0.324 e. The van der Waals surface area contributed by atoms with Gasteiger partial charge in [0.1, 0.15) is 5.15 Å². The standard InChI is InChI=1S/C12H14Cl2N6O/c1-12(2,3)21-20-11-18-9(14)17-10(19-11)16-7-4-5-15-8(13)6-7/h4-6H,1-3H3,(H2,15,16,17,18,19,20). The second kappa shape index (κ2) is 6.38. The summed E-state index contributed by atoms with van der Waals surface area (Å²) in [6.07, 6.45) is 1.56. The van der Waals surface area contributed by atoms with E-state index in [-0.39, 0.29) is 17.2 Å². The quantitative estimate of drug-likeness (QED) is 0.656. The Morgan fingerprint density at radius 2 is 1.81 bits per heavy atom. The summed E-state index contributed by atoms with van der Waals surface area (Å²) in [6, 6.07) is 3.36. The monoisotopic (exact) mass is 328 g/mol. The minimum absolute atomic E-state index is 0.0349. The average molecular weight is 329 g/mol. The third-order valence-corrected chi connectivity index (χ3v) is 2.42. The number of aromatic nitrogens is 4. The molecule has 0 aliphatic heterocycles. The third kappa shape index (κ3) is 5.30. The Kier molecular flexibility index (Phi) is 4.76. The fourth-order valence-electron chi connectivity index (χ4n) is 1.26. The fraction of sp³-hybridized carbons (Fsp3) is 0.333. The summed E-state index contributed by atoms with van der Waals surface area (Å²) in [5.74, 6) is 0.463. The molecule has 0 fully saturated rings. The number of nitrogens with one attached hydrogen (secondary N) is 2. The van der Waals surface area contributed by atoms with Crippen molar-refractivity contribution in [3.8, 4) is 0 Å².